The van der Waals surface area contributed by atoms with Crippen molar-refractivity contribution < 1.29 is 4.74 Å². The average Bonchev–Trinajstić information content (AvgIpc) is 2.75. The number of methoxy groups -OCH3 is 1. The number of nitrogens with zero attached hydrogens (tertiary/aromatic N) is 2. The lowest BCUT2D eigenvalue weighted by Crippen LogP contribution is -2.27. The van der Waals surface area contributed by atoms with Crippen LogP contribution in [0.2, 0.25) is 0 Å². The van der Waals surface area contributed by atoms with Crippen LogP contribution >= 0.6 is 0 Å². The monoisotopic (exact) mass is 249 g/mol. The molecule has 0 spiro atoms. The maximum atomic E-state index is 6.12. The topological polar surface area (TPSA) is 41.7 Å². The van der Waals surface area contributed by atoms with E-state index in [1.807, 2.05) is 12.1 Å². The first-order valence-corrected chi connectivity index (χ1v) is 6.44. The molecular weight excluding hydrogens is 226 g/mol. The normalized spacial score (nSPS) is 20.1. The Bertz CT molecular complexity index is 408. The number of likely N-dealkylation sites (tertiary alicyclic amines) is 1. The van der Waals surface area contributed by atoms with Crippen LogP contribution in [0.15, 0.2) is 18.2 Å². The maximum Gasteiger partial charge on any atom is 0.143 e. The average molecular weight is 249 g/mol. The van der Waals surface area contributed by atoms with E-state index in [1.165, 1.54) is 19.5 Å². The summed E-state index contributed by atoms with van der Waals surface area (Å²) in [7, 11) is 5.94. The molecule has 1 heterocycles. The van der Waals surface area contributed by atoms with Crippen molar-refractivity contribution in [3.8, 4) is 5.75 Å². The molecule has 1 aliphatic heterocycles. The van der Waals surface area contributed by atoms with E-state index in [2.05, 4.69) is 30.0 Å². The summed E-state index contributed by atoms with van der Waals surface area (Å²) in [6, 6.07) is 5.94. The molecule has 4 nitrogen and oxygen atoms in total. The molecule has 0 aliphatic carbocycles. The summed E-state index contributed by atoms with van der Waals surface area (Å²) in [4.78, 5) is 4.62. The molecule has 1 aromatic rings. The molecule has 1 aliphatic rings. The summed E-state index contributed by atoms with van der Waals surface area (Å²) >= 11 is 0. The summed E-state index contributed by atoms with van der Waals surface area (Å²) in [5, 5.41) is 0. The van der Waals surface area contributed by atoms with Crippen LogP contribution < -0.4 is 15.4 Å². The maximum absolute atomic E-state index is 6.12. The van der Waals surface area contributed by atoms with Crippen LogP contribution in [-0.4, -0.2) is 45.7 Å². The van der Waals surface area contributed by atoms with E-state index >= 15 is 0 Å². The molecule has 2 N–H and O–H groups in total. The number of nitrogen functional groups attached to an aromatic ring is 1. The largest absolute Gasteiger partial charge is 0.495 e. The Morgan fingerprint density at radius 2 is 2.28 bits per heavy atom. The van der Waals surface area contributed by atoms with E-state index < -0.39 is 0 Å². The zero-order chi connectivity index (χ0) is 13.1. The highest BCUT2D eigenvalue weighted by Gasteiger charge is 2.21. The summed E-state index contributed by atoms with van der Waals surface area (Å²) in [5.74, 6) is 1.48. The number of hydrogen-bond donors (Lipinski definition) is 1. The lowest BCUT2D eigenvalue weighted by Gasteiger charge is -2.25. The van der Waals surface area contributed by atoms with Gasteiger partial charge in [0.2, 0.25) is 0 Å². The number of hydrogen-bond acceptors (Lipinski definition) is 4. The van der Waals surface area contributed by atoms with Gasteiger partial charge >= 0.3 is 0 Å². The van der Waals surface area contributed by atoms with Crippen LogP contribution in [0.3, 0.4) is 0 Å². The fourth-order valence-electron chi connectivity index (χ4n) is 2.70. The lowest BCUT2D eigenvalue weighted by atomic mass is 10.1. The molecule has 4 heteroatoms. The predicted molar refractivity (Wildman–Crippen MR) is 76.3 cm³/mol. The molecule has 100 valence electrons. The van der Waals surface area contributed by atoms with Gasteiger partial charge in [-0.05, 0) is 38.1 Å². The molecule has 0 amide bonds. The number of para-hydroxylation sites is 1. The molecule has 0 saturated carbocycles. The highest BCUT2D eigenvalue weighted by Crippen LogP contribution is 2.32. The van der Waals surface area contributed by atoms with Crippen LogP contribution in [0, 0.1) is 5.92 Å². The molecule has 1 fully saturated rings. The van der Waals surface area contributed by atoms with E-state index in [9.17, 15) is 0 Å². The van der Waals surface area contributed by atoms with Gasteiger partial charge in [0.1, 0.15) is 5.75 Å². The Kier molecular flexibility index (Phi) is 3.97. The van der Waals surface area contributed by atoms with Crippen molar-refractivity contribution in [2.75, 3.05) is 51.5 Å². The minimum Gasteiger partial charge on any atom is -0.495 e. The summed E-state index contributed by atoms with van der Waals surface area (Å²) < 4.78 is 5.26. The Morgan fingerprint density at radius 3 is 2.89 bits per heavy atom. The Hall–Kier alpha value is -1.42. The third-order valence-electron chi connectivity index (χ3n) is 3.70. The van der Waals surface area contributed by atoms with Crippen molar-refractivity contribution in [3.63, 3.8) is 0 Å². The standard InChI is InChI=1S/C14H23N3O/c1-16-8-7-11(9-16)10-17(2)12-5-4-6-13(18-3)14(12)15/h4-6,11H,7-10,15H2,1-3H3. The Labute approximate surface area is 109 Å². The third-order valence-corrected chi connectivity index (χ3v) is 3.70. The summed E-state index contributed by atoms with van der Waals surface area (Å²) in [6.07, 6.45) is 1.27. The van der Waals surface area contributed by atoms with Crippen LogP contribution in [-0.2, 0) is 0 Å². The summed E-state index contributed by atoms with van der Waals surface area (Å²) in [5.41, 5.74) is 7.91. The van der Waals surface area contributed by atoms with Gasteiger partial charge in [-0.3, -0.25) is 0 Å². The molecule has 0 aromatic heterocycles. The van der Waals surface area contributed by atoms with E-state index in [4.69, 9.17) is 10.5 Å². The highest BCUT2D eigenvalue weighted by atomic mass is 16.5. The predicted octanol–water partition coefficient (Wildman–Crippen LogP) is 1.67. The second-order valence-corrected chi connectivity index (χ2v) is 5.19. The van der Waals surface area contributed by atoms with Crippen molar-refractivity contribution in [1.82, 2.24) is 4.90 Å². The van der Waals surface area contributed by atoms with E-state index in [0.29, 0.717) is 0 Å². The van der Waals surface area contributed by atoms with Gasteiger partial charge < -0.3 is 20.3 Å². The van der Waals surface area contributed by atoms with Gasteiger partial charge in [0.05, 0.1) is 18.5 Å². The summed E-state index contributed by atoms with van der Waals surface area (Å²) in [6.45, 7) is 3.42. The molecule has 1 atom stereocenters. The van der Waals surface area contributed by atoms with Crippen LogP contribution in [0.25, 0.3) is 0 Å². The minimum absolute atomic E-state index is 0.727. The number of ether oxygens (including phenoxy) is 1. The quantitative estimate of drug-likeness (QED) is 0.824. The van der Waals surface area contributed by atoms with Gasteiger partial charge in [-0.15, -0.1) is 0 Å². The lowest BCUT2D eigenvalue weighted by molar-refractivity contribution is 0.395. The molecule has 1 aromatic carbocycles. The van der Waals surface area contributed by atoms with E-state index in [1.54, 1.807) is 7.11 Å². The van der Waals surface area contributed by atoms with Gasteiger partial charge in [-0.2, -0.15) is 0 Å². The van der Waals surface area contributed by atoms with E-state index in [0.717, 1.165) is 29.6 Å². The van der Waals surface area contributed by atoms with Crippen LogP contribution in [0.4, 0.5) is 11.4 Å². The number of nitrogens with two attached hydrogens (primary N) is 1. The zero-order valence-corrected chi connectivity index (χ0v) is 11.5. The van der Waals surface area contributed by atoms with Crippen molar-refractivity contribution in [3.05, 3.63) is 18.2 Å². The fraction of sp³-hybridized carbons (Fsp3) is 0.571. The van der Waals surface area contributed by atoms with E-state index in [-0.39, 0.29) is 0 Å². The fourth-order valence-corrected chi connectivity index (χ4v) is 2.70. The Morgan fingerprint density at radius 1 is 1.50 bits per heavy atom. The number of anilines is 2. The highest BCUT2D eigenvalue weighted by molar-refractivity contribution is 5.73. The smallest absolute Gasteiger partial charge is 0.143 e. The molecule has 0 radical (unpaired) electrons. The zero-order valence-electron chi connectivity index (χ0n) is 11.5. The molecule has 0 bridgehead atoms. The SMILES string of the molecule is COc1cccc(N(C)CC2CCN(C)C2)c1N. The number of rotatable bonds is 4. The van der Waals surface area contributed by atoms with Gasteiger partial charge in [-0.1, -0.05) is 6.07 Å². The first-order chi connectivity index (χ1) is 8.61. The van der Waals surface area contributed by atoms with Gasteiger partial charge in [0.15, 0.2) is 0 Å². The first kappa shape index (κ1) is 13.0. The van der Waals surface area contributed by atoms with Crippen LogP contribution in [0.1, 0.15) is 6.42 Å². The molecule has 2 rings (SSSR count). The van der Waals surface area contributed by atoms with Crippen molar-refractivity contribution in [1.29, 1.82) is 0 Å². The van der Waals surface area contributed by atoms with Crippen molar-refractivity contribution >= 4 is 11.4 Å². The van der Waals surface area contributed by atoms with Crippen LogP contribution in [0.5, 0.6) is 5.75 Å². The second-order valence-electron chi connectivity index (χ2n) is 5.19. The molecule has 1 saturated heterocycles. The molecule has 1 unspecified atom stereocenters. The van der Waals surface area contributed by atoms with Gasteiger partial charge in [-0.25, -0.2) is 0 Å². The molecular formula is C14H23N3O. The minimum atomic E-state index is 0.727. The third kappa shape index (κ3) is 2.70. The van der Waals surface area contributed by atoms with Crippen molar-refractivity contribution in [2.24, 2.45) is 5.92 Å². The first-order valence-electron chi connectivity index (χ1n) is 6.44. The number of benzene rings is 1. The Balaban J connectivity index is 2.06. The van der Waals surface area contributed by atoms with Gasteiger partial charge in [0, 0.05) is 20.1 Å². The van der Waals surface area contributed by atoms with Crippen molar-refractivity contribution in [2.45, 2.75) is 6.42 Å². The second kappa shape index (κ2) is 5.48. The molecule has 18 heavy (non-hydrogen) atoms. The van der Waals surface area contributed by atoms with Gasteiger partial charge in [0.25, 0.3) is 0 Å².